The van der Waals surface area contributed by atoms with Crippen molar-refractivity contribution < 1.29 is 4.79 Å². The van der Waals surface area contributed by atoms with Crippen molar-refractivity contribution in [3.8, 4) is 0 Å². The highest BCUT2D eigenvalue weighted by Crippen LogP contribution is 2.20. The summed E-state index contributed by atoms with van der Waals surface area (Å²) in [6.45, 7) is 1.58. The van der Waals surface area contributed by atoms with Crippen LogP contribution in [0.2, 0.25) is 0 Å². The lowest BCUT2D eigenvalue weighted by molar-refractivity contribution is 0.246. The first-order chi connectivity index (χ1) is 12.7. The fourth-order valence-corrected chi connectivity index (χ4v) is 3.22. The highest BCUT2D eigenvalue weighted by molar-refractivity contribution is 5.98. The normalized spacial score (nSPS) is 17.3. The fraction of sp³-hybridized carbons (Fsp3) is 0.353. The Morgan fingerprint density at radius 2 is 2.04 bits per heavy atom. The number of anilines is 2. The third kappa shape index (κ3) is 3.41. The van der Waals surface area contributed by atoms with Crippen LogP contribution in [-0.2, 0) is 7.05 Å². The van der Waals surface area contributed by atoms with Crippen molar-refractivity contribution in [3.05, 3.63) is 36.7 Å². The number of carbonyl (C=O) groups excluding carboxylic acids is 1. The predicted molar refractivity (Wildman–Crippen MR) is 97.9 cm³/mol. The number of carbonyl (C=O) groups is 1. The third-order valence-corrected chi connectivity index (χ3v) is 4.35. The Kier molecular flexibility index (Phi) is 4.34. The van der Waals surface area contributed by atoms with Crippen LogP contribution in [-0.4, -0.2) is 50.1 Å². The zero-order valence-corrected chi connectivity index (χ0v) is 14.5. The summed E-state index contributed by atoms with van der Waals surface area (Å²) < 4.78 is 0. The van der Waals surface area contributed by atoms with Crippen LogP contribution in [0.5, 0.6) is 0 Å². The average molecular weight is 352 g/mol. The van der Waals surface area contributed by atoms with Crippen molar-refractivity contribution in [2.75, 3.05) is 23.3 Å². The number of amides is 2. The molecule has 0 radical (unpaired) electrons. The standard InChI is InChI=1S/C17H20N8O/c1-24-22-14-7-2-6-13(15(14)23-24)21-17(26)20-12-5-3-10-25(11-12)16-18-8-4-9-19-16/h2,4,6-9,12H,3,5,10-11H2,1H3,(H2,20,21,26)/t12-/m1/s1. The average Bonchev–Trinajstić information content (AvgIpc) is 3.04. The first-order valence-corrected chi connectivity index (χ1v) is 8.58. The molecule has 0 bridgehead atoms. The van der Waals surface area contributed by atoms with Gasteiger partial charge < -0.3 is 15.5 Å². The van der Waals surface area contributed by atoms with Crippen LogP contribution in [0.25, 0.3) is 11.0 Å². The molecule has 1 atom stereocenters. The number of fused-ring (bicyclic) bond motifs is 1. The summed E-state index contributed by atoms with van der Waals surface area (Å²) in [5, 5.41) is 14.5. The molecule has 1 fully saturated rings. The molecule has 1 aliphatic rings. The van der Waals surface area contributed by atoms with Crippen LogP contribution < -0.4 is 15.5 Å². The van der Waals surface area contributed by atoms with E-state index < -0.39 is 0 Å². The molecule has 1 aromatic carbocycles. The number of nitrogens with zero attached hydrogens (tertiary/aromatic N) is 6. The second-order valence-electron chi connectivity index (χ2n) is 6.30. The summed E-state index contributed by atoms with van der Waals surface area (Å²) >= 11 is 0. The molecule has 3 heterocycles. The highest BCUT2D eigenvalue weighted by atomic mass is 16.2. The summed E-state index contributed by atoms with van der Waals surface area (Å²) in [6.07, 6.45) is 5.36. The molecular weight excluding hydrogens is 332 g/mol. The number of aromatic nitrogens is 5. The zero-order valence-electron chi connectivity index (χ0n) is 14.5. The van der Waals surface area contributed by atoms with Gasteiger partial charge in [0.15, 0.2) is 0 Å². The quantitative estimate of drug-likeness (QED) is 0.742. The number of rotatable bonds is 3. The van der Waals surface area contributed by atoms with Gasteiger partial charge in [0.1, 0.15) is 11.0 Å². The van der Waals surface area contributed by atoms with Gasteiger partial charge in [0.05, 0.1) is 5.69 Å². The minimum absolute atomic E-state index is 0.0358. The van der Waals surface area contributed by atoms with Crippen molar-refractivity contribution in [3.63, 3.8) is 0 Å². The number of hydrogen-bond donors (Lipinski definition) is 2. The summed E-state index contributed by atoms with van der Waals surface area (Å²) in [6, 6.07) is 7.12. The SMILES string of the molecule is Cn1nc2cccc(NC(=O)N[C@@H]3CCCN(c4ncccn4)C3)c2n1. The molecule has 0 spiro atoms. The summed E-state index contributed by atoms with van der Waals surface area (Å²) in [5.41, 5.74) is 2.07. The van der Waals surface area contributed by atoms with Crippen molar-refractivity contribution >= 4 is 28.7 Å². The third-order valence-electron chi connectivity index (χ3n) is 4.35. The second kappa shape index (κ2) is 6.95. The van der Waals surface area contributed by atoms with E-state index >= 15 is 0 Å². The highest BCUT2D eigenvalue weighted by Gasteiger charge is 2.23. The zero-order chi connectivity index (χ0) is 17.9. The first-order valence-electron chi connectivity index (χ1n) is 8.58. The topological polar surface area (TPSA) is 101 Å². The van der Waals surface area contributed by atoms with Gasteiger partial charge >= 0.3 is 6.03 Å². The van der Waals surface area contributed by atoms with Crippen LogP contribution in [0.15, 0.2) is 36.7 Å². The smallest absolute Gasteiger partial charge is 0.319 e. The molecule has 4 rings (SSSR count). The van der Waals surface area contributed by atoms with Gasteiger partial charge in [-0.15, -0.1) is 0 Å². The van der Waals surface area contributed by atoms with Gasteiger partial charge in [-0.25, -0.2) is 14.8 Å². The molecular formula is C17H20N8O. The van der Waals surface area contributed by atoms with Crippen LogP contribution >= 0.6 is 0 Å². The Balaban J connectivity index is 1.41. The maximum atomic E-state index is 12.4. The lowest BCUT2D eigenvalue weighted by Gasteiger charge is -2.33. The Hall–Kier alpha value is -3.23. The van der Waals surface area contributed by atoms with Gasteiger partial charge in [-0.2, -0.15) is 15.0 Å². The maximum Gasteiger partial charge on any atom is 0.319 e. The minimum Gasteiger partial charge on any atom is -0.339 e. The molecule has 0 aliphatic carbocycles. The Labute approximate surface area is 150 Å². The largest absolute Gasteiger partial charge is 0.339 e. The molecule has 1 aliphatic heterocycles. The van der Waals surface area contributed by atoms with E-state index in [1.807, 2.05) is 18.2 Å². The van der Waals surface area contributed by atoms with E-state index in [0.717, 1.165) is 24.9 Å². The molecule has 2 aromatic heterocycles. The molecule has 0 unspecified atom stereocenters. The summed E-state index contributed by atoms with van der Waals surface area (Å²) in [5.74, 6) is 0.698. The molecule has 26 heavy (non-hydrogen) atoms. The van der Waals surface area contributed by atoms with Gasteiger partial charge in [-0.3, -0.25) is 0 Å². The van der Waals surface area contributed by atoms with E-state index in [0.29, 0.717) is 23.7 Å². The van der Waals surface area contributed by atoms with E-state index in [-0.39, 0.29) is 12.1 Å². The van der Waals surface area contributed by atoms with E-state index in [2.05, 4.69) is 35.7 Å². The van der Waals surface area contributed by atoms with Crippen LogP contribution in [0, 0.1) is 0 Å². The number of piperidine rings is 1. The van der Waals surface area contributed by atoms with E-state index in [4.69, 9.17) is 0 Å². The van der Waals surface area contributed by atoms with E-state index in [1.54, 1.807) is 25.5 Å². The number of urea groups is 1. The van der Waals surface area contributed by atoms with E-state index in [9.17, 15) is 4.79 Å². The number of nitrogens with one attached hydrogen (secondary N) is 2. The van der Waals surface area contributed by atoms with Crippen molar-refractivity contribution in [2.24, 2.45) is 7.05 Å². The lowest BCUT2D eigenvalue weighted by atomic mass is 10.1. The number of aryl methyl sites for hydroxylation is 1. The predicted octanol–water partition coefficient (Wildman–Crippen LogP) is 1.55. The maximum absolute atomic E-state index is 12.4. The molecule has 9 heteroatoms. The molecule has 134 valence electrons. The van der Waals surface area contributed by atoms with Gasteiger partial charge in [-0.05, 0) is 31.0 Å². The molecule has 9 nitrogen and oxygen atoms in total. The minimum atomic E-state index is -0.246. The van der Waals surface area contributed by atoms with Crippen molar-refractivity contribution in [2.45, 2.75) is 18.9 Å². The lowest BCUT2D eigenvalue weighted by Crippen LogP contribution is -2.49. The first kappa shape index (κ1) is 16.2. The molecule has 3 aromatic rings. The molecule has 2 amide bonds. The van der Waals surface area contributed by atoms with Crippen LogP contribution in [0.4, 0.5) is 16.4 Å². The van der Waals surface area contributed by atoms with Crippen molar-refractivity contribution in [1.82, 2.24) is 30.3 Å². The Bertz CT molecular complexity index is 910. The van der Waals surface area contributed by atoms with Gasteiger partial charge in [0, 0.05) is 38.6 Å². The molecule has 2 N–H and O–H groups in total. The summed E-state index contributed by atoms with van der Waals surface area (Å²) in [7, 11) is 1.76. The second-order valence-corrected chi connectivity index (χ2v) is 6.30. The van der Waals surface area contributed by atoms with Gasteiger partial charge in [-0.1, -0.05) is 6.07 Å². The monoisotopic (exact) mass is 352 g/mol. The Morgan fingerprint density at radius 3 is 2.88 bits per heavy atom. The summed E-state index contributed by atoms with van der Waals surface area (Å²) in [4.78, 5) is 24.6. The number of hydrogen-bond acceptors (Lipinski definition) is 6. The number of benzene rings is 1. The van der Waals surface area contributed by atoms with Gasteiger partial charge in [0.2, 0.25) is 5.95 Å². The van der Waals surface area contributed by atoms with E-state index in [1.165, 1.54) is 4.80 Å². The van der Waals surface area contributed by atoms with Crippen molar-refractivity contribution in [1.29, 1.82) is 0 Å². The fourth-order valence-electron chi connectivity index (χ4n) is 3.22. The van der Waals surface area contributed by atoms with Crippen LogP contribution in [0.3, 0.4) is 0 Å². The molecule has 1 saturated heterocycles. The molecule has 0 saturated carbocycles. The van der Waals surface area contributed by atoms with Crippen LogP contribution in [0.1, 0.15) is 12.8 Å². The van der Waals surface area contributed by atoms with Gasteiger partial charge in [0.25, 0.3) is 0 Å². The Morgan fingerprint density at radius 1 is 1.19 bits per heavy atom.